The topological polar surface area (TPSA) is 15.3 Å². The summed E-state index contributed by atoms with van der Waals surface area (Å²) in [6, 6.07) is 0. The molecule has 2 fully saturated rings. The van der Waals surface area contributed by atoms with Gasteiger partial charge in [-0.15, -0.1) is 11.8 Å². The van der Waals surface area contributed by atoms with E-state index in [1.54, 1.807) is 0 Å². The maximum atomic E-state index is 3.35. The van der Waals surface area contributed by atoms with Gasteiger partial charge in [-0.1, -0.05) is 0 Å². The first-order valence-corrected chi connectivity index (χ1v) is 4.58. The van der Waals surface area contributed by atoms with Crippen molar-refractivity contribution in [2.24, 2.45) is 0 Å². The molecule has 0 spiro atoms. The summed E-state index contributed by atoms with van der Waals surface area (Å²) in [5, 5.41) is 4.24. The van der Waals surface area contributed by atoms with Crippen molar-refractivity contribution in [2.75, 3.05) is 31.9 Å². The Morgan fingerprint density at radius 2 is 2.00 bits per heavy atom. The second kappa shape index (κ2) is 2.48. The van der Waals surface area contributed by atoms with Crippen molar-refractivity contribution in [3.05, 3.63) is 0 Å². The Hall–Kier alpha value is 0.270. The maximum absolute atomic E-state index is 3.35. The summed E-state index contributed by atoms with van der Waals surface area (Å²) in [6.45, 7) is 4.91. The molecule has 1 N–H and O–H groups in total. The van der Waals surface area contributed by atoms with Crippen LogP contribution in [0.25, 0.3) is 0 Å². The molecule has 1 atom stereocenters. The van der Waals surface area contributed by atoms with Crippen LogP contribution in [0.5, 0.6) is 0 Å². The third kappa shape index (κ3) is 1.39. The second-order valence-electron chi connectivity index (χ2n) is 2.57. The molecule has 3 heteroatoms. The molecule has 2 rings (SSSR count). The summed E-state index contributed by atoms with van der Waals surface area (Å²) in [5.74, 6) is 1.38. The number of nitrogens with zero attached hydrogens (tertiary/aromatic N) is 1. The third-order valence-corrected chi connectivity index (χ3v) is 2.80. The van der Waals surface area contributed by atoms with E-state index in [0.717, 1.165) is 5.37 Å². The fourth-order valence-electron chi connectivity index (χ4n) is 1.22. The molecule has 0 radical (unpaired) electrons. The van der Waals surface area contributed by atoms with Crippen LogP contribution in [0.15, 0.2) is 0 Å². The van der Waals surface area contributed by atoms with E-state index in [1.165, 1.54) is 31.9 Å². The number of rotatable bonds is 1. The molecule has 0 aromatic carbocycles. The lowest BCUT2D eigenvalue weighted by Crippen LogP contribution is -2.44. The maximum Gasteiger partial charge on any atom is 0.0651 e. The predicted octanol–water partition coefficient (Wildman–Crippen LogP) is -0.0355. The van der Waals surface area contributed by atoms with Gasteiger partial charge in [0.2, 0.25) is 0 Å². The first kappa shape index (κ1) is 6.01. The van der Waals surface area contributed by atoms with Crippen molar-refractivity contribution in [2.45, 2.75) is 5.37 Å². The van der Waals surface area contributed by atoms with Gasteiger partial charge in [0.05, 0.1) is 5.37 Å². The smallest absolute Gasteiger partial charge is 0.0651 e. The van der Waals surface area contributed by atoms with E-state index in [4.69, 9.17) is 0 Å². The monoisotopic (exact) mass is 144 g/mol. The molecule has 52 valence electrons. The van der Waals surface area contributed by atoms with Gasteiger partial charge in [-0.25, -0.2) is 0 Å². The largest absolute Gasteiger partial charge is 0.314 e. The van der Waals surface area contributed by atoms with Gasteiger partial charge in [-0.05, 0) is 0 Å². The standard InChI is InChI=1S/C6H12N2S/c1-3-8(4-2-7-1)6-5-9-6/h6-7H,1-5H2. The highest BCUT2D eigenvalue weighted by atomic mass is 32.2. The average Bonchev–Trinajstić information content (AvgIpc) is 2.71. The highest BCUT2D eigenvalue weighted by molar-refractivity contribution is 8.06. The second-order valence-corrected chi connectivity index (χ2v) is 3.78. The van der Waals surface area contributed by atoms with Gasteiger partial charge >= 0.3 is 0 Å². The lowest BCUT2D eigenvalue weighted by molar-refractivity contribution is 0.250. The van der Waals surface area contributed by atoms with E-state index in [0.29, 0.717) is 0 Å². The highest BCUT2D eigenvalue weighted by Gasteiger charge is 2.30. The van der Waals surface area contributed by atoms with Crippen molar-refractivity contribution in [1.29, 1.82) is 0 Å². The molecule has 2 saturated heterocycles. The van der Waals surface area contributed by atoms with E-state index in [2.05, 4.69) is 22.0 Å². The van der Waals surface area contributed by atoms with Crippen LogP contribution in [0.3, 0.4) is 0 Å². The third-order valence-electron chi connectivity index (χ3n) is 1.87. The summed E-state index contributed by atoms with van der Waals surface area (Å²) in [7, 11) is 0. The summed E-state index contributed by atoms with van der Waals surface area (Å²) < 4.78 is 0. The first-order valence-electron chi connectivity index (χ1n) is 3.53. The molecule has 2 nitrogen and oxygen atoms in total. The zero-order chi connectivity index (χ0) is 6.10. The molecule has 0 aromatic heterocycles. The Morgan fingerprint density at radius 1 is 1.33 bits per heavy atom. The number of hydrogen-bond donors (Lipinski definition) is 1. The van der Waals surface area contributed by atoms with Crippen molar-refractivity contribution in [1.82, 2.24) is 10.2 Å². The molecule has 0 aliphatic carbocycles. The Bertz CT molecular complexity index is 97.2. The molecule has 2 heterocycles. The average molecular weight is 144 g/mol. The molecular formula is C6H12N2S. The summed E-state index contributed by atoms with van der Waals surface area (Å²) in [4.78, 5) is 2.57. The van der Waals surface area contributed by atoms with Gasteiger partial charge in [-0.2, -0.15) is 0 Å². The first-order chi connectivity index (χ1) is 4.47. The molecule has 0 saturated carbocycles. The van der Waals surface area contributed by atoms with E-state index < -0.39 is 0 Å². The molecule has 2 aliphatic rings. The van der Waals surface area contributed by atoms with Crippen LogP contribution in [0.4, 0.5) is 0 Å². The van der Waals surface area contributed by atoms with Gasteiger partial charge in [-0.3, -0.25) is 4.90 Å². The zero-order valence-corrected chi connectivity index (χ0v) is 6.28. The van der Waals surface area contributed by atoms with Crippen LogP contribution < -0.4 is 5.32 Å². The minimum absolute atomic E-state index is 0.895. The van der Waals surface area contributed by atoms with Gasteiger partial charge < -0.3 is 5.32 Å². The van der Waals surface area contributed by atoms with Crippen LogP contribution in [0.1, 0.15) is 0 Å². The summed E-state index contributed by atoms with van der Waals surface area (Å²) >= 11 is 2.07. The molecule has 0 bridgehead atoms. The minimum atomic E-state index is 0.895. The molecule has 2 aliphatic heterocycles. The number of thioether (sulfide) groups is 1. The van der Waals surface area contributed by atoms with Crippen LogP contribution in [0.2, 0.25) is 0 Å². The minimum Gasteiger partial charge on any atom is -0.314 e. The summed E-state index contributed by atoms with van der Waals surface area (Å²) in [5.41, 5.74) is 0. The lowest BCUT2D eigenvalue weighted by atomic mass is 10.4. The van der Waals surface area contributed by atoms with Crippen LogP contribution in [-0.4, -0.2) is 42.2 Å². The van der Waals surface area contributed by atoms with E-state index in [-0.39, 0.29) is 0 Å². The van der Waals surface area contributed by atoms with Gasteiger partial charge in [0.25, 0.3) is 0 Å². The molecule has 0 aromatic rings. The summed E-state index contributed by atoms with van der Waals surface area (Å²) in [6.07, 6.45) is 0. The quantitative estimate of drug-likeness (QED) is 0.520. The number of nitrogens with one attached hydrogen (secondary N) is 1. The van der Waals surface area contributed by atoms with Crippen LogP contribution >= 0.6 is 11.8 Å². The highest BCUT2D eigenvalue weighted by Crippen LogP contribution is 2.33. The zero-order valence-electron chi connectivity index (χ0n) is 5.47. The van der Waals surface area contributed by atoms with Gasteiger partial charge in [0.15, 0.2) is 0 Å². The van der Waals surface area contributed by atoms with E-state index in [1.807, 2.05) is 0 Å². The van der Waals surface area contributed by atoms with Crippen molar-refractivity contribution >= 4 is 11.8 Å². The lowest BCUT2D eigenvalue weighted by Gasteiger charge is -2.25. The SMILES string of the molecule is C1CN(C2CS2)CCN1. The molecule has 0 amide bonds. The Balaban J connectivity index is 1.80. The Labute approximate surface area is 60.0 Å². The fraction of sp³-hybridized carbons (Fsp3) is 1.00. The van der Waals surface area contributed by atoms with Gasteiger partial charge in [0.1, 0.15) is 0 Å². The molecule has 1 unspecified atom stereocenters. The van der Waals surface area contributed by atoms with Crippen molar-refractivity contribution in [3.63, 3.8) is 0 Å². The molecular weight excluding hydrogens is 132 g/mol. The number of piperazine rings is 1. The Morgan fingerprint density at radius 3 is 2.56 bits per heavy atom. The predicted molar refractivity (Wildman–Crippen MR) is 40.7 cm³/mol. The van der Waals surface area contributed by atoms with Crippen molar-refractivity contribution in [3.8, 4) is 0 Å². The van der Waals surface area contributed by atoms with E-state index in [9.17, 15) is 0 Å². The van der Waals surface area contributed by atoms with Crippen molar-refractivity contribution < 1.29 is 0 Å². The Kier molecular flexibility index (Phi) is 1.66. The van der Waals surface area contributed by atoms with E-state index >= 15 is 0 Å². The van der Waals surface area contributed by atoms with Gasteiger partial charge in [0, 0.05) is 31.9 Å². The molecule has 9 heavy (non-hydrogen) atoms. The number of hydrogen-bond acceptors (Lipinski definition) is 3. The van der Waals surface area contributed by atoms with Crippen LogP contribution in [0, 0.1) is 0 Å². The fourth-order valence-corrected chi connectivity index (χ4v) is 1.94. The van der Waals surface area contributed by atoms with Crippen LogP contribution in [-0.2, 0) is 0 Å². The normalized spacial score (nSPS) is 36.7.